The third-order valence-corrected chi connectivity index (χ3v) is 4.58. The van der Waals surface area contributed by atoms with Gasteiger partial charge in [-0.2, -0.15) is 5.10 Å². The molecule has 2 rings (SSSR count). The summed E-state index contributed by atoms with van der Waals surface area (Å²) < 4.78 is 1.85. The Morgan fingerprint density at radius 3 is 2.60 bits per heavy atom. The molecule has 0 aliphatic rings. The van der Waals surface area contributed by atoms with Gasteiger partial charge in [-0.3, -0.25) is 4.68 Å². The number of nitrogens with zero attached hydrogens (tertiary/aromatic N) is 3. The third kappa shape index (κ3) is 3.27. The van der Waals surface area contributed by atoms with Crippen LogP contribution in [0.5, 0.6) is 0 Å². The maximum atomic E-state index is 10.4. The van der Waals surface area contributed by atoms with Crippen molar-refractivity contribution < 1.29 is 5.11 Å². The number of aliphatic hydroxyl groups is 1. The molecule has 2 heterocycles. The van der Waals surface area contributed by atoms with E-state index in [1.54, 1.807) is 11.3 Å². The second kappa shape index (κ2) is 5.66. The van der Waals surface area contributed by atoms with Crippen LogP contribution >= 0.6 is 11.3 Å². The molecule has 1 N–H and O–H groups in total. The van der Waals surface area contributed by atoms with Crippen molar-refractivity contribution in [2.24, 2.45) is 7.05 Å². The molecule has 0 bridgehead atoms. The molecule has 0 saturated heterocycles. The summed E-state index contributed by atoms with van der Waals surface area (Å²) in [4.78, 5) is 4.57. The van der Waals surface area contributed by atoms with E-state index in [1.165, 1.54) is 0 Å². The summed E-state index contributed by atoms with van der Waals surface area (Å²) in [6.45, 7) is 8.49. The Bertz CT molecular complexity index is 580. The molecule has 0 fully saturated rings. The van der Waals surface area contributed by atoms with Gasteiger partial charge in [-0.1, -0.05) is 27.7 Å². The maximum absolute atomic E-state index is 10.4. The van der Waals surface area contributed by atoms with E-state index in [-0.39, 0.29) is 5.41 Å². The topological polar surface area (TPSA) is 50.9 Å². The molecule has 0 spiro atoms. The van der Waals surface area contributed by atoms with Gasteiger partial charge in [0.2, 0.25) is 0 Å². The second-order valence-electron chi connectivity index (χ2n) is 6.15. The molecule has 0 amide bonds. The van der Waals surface area contributed by atoms with Crippen LogP contribution in [0, 0.1) is 0 Å². The Kier molecular flexibility index (Phi) is 4.30. The zero-order valence-electron chi connectivity index (χ0n) is 12.8. The van der Waals surface area contributed by atoms with Crippen LogP contribution in [-0.4, -0.2) is 19.9 Å². The highest BCUT2D eigenvalue weighted by molar-refractivity contribution is 7.09. The van der Waals surface area contributed by atoms with Gasteiger partial charge in [-0.15, -0.1) is 11.3 Å². The van der Waals surface area contributed by atoms with Crippen LogP contribution < -0.4 is 0 Å². The highest BCUT2D eigenvalue weighted by Crippen LogP contribution is 2.28. The summed E-state index contributed by atoms with van der Waals surface area (Å²) in [5.41, 5.74) is 2.90. The molecule has 1 unspecified atom stereocenters. The molecule has 110 valence electrons. The van der Waals surface area contributed by atoms with E-state index in [0.29, 0.717) is 6.42 Å². The number of aliphatic hydroxyl groups excluding tert-OH is 1. The van der Waals surface area contributed by atoms with E-state index in [9.17, 15) is 5.11 Å². The average molecular weight is 293 g/mol. The summed E-state index contributed by atoms with van der Waals surface area (Å²) in [6, 6.07) is 2.06. The van der Waals surface area contributed by atoms with Gasteiger partial charge in [0.05, 0.1) is 16.4 Å². The maximum Gasteiger partial charge on any atom is 0.102 e. The van der Waals surface area contributed by atoms with Crippen molar-refractivity contribution >= 4 is 11.3 Å². The first-order valence-corrected chi connectivity index (χ1v) is 7.85. The van der Waals surface area contributed by atoms with E-state index in [0.717, 1.165) is 28.5 Å². The smallest absolute Gasteiger partial charge is 0.102 e. The van der Waals surface area contributed by atoms with Crippen molar-refractivity contribution in [1.82, 2.24) is 14.8 Å². The van der Waals surface area contributed by atoms with Gasteiger partial charge in [-0.25, -0.2) is 4.98 Å². The van der Waals surface area contributed by atoms with Gasteiger partial charge >= 0.3 is 0 Å². The van der Waals surface area contributed by atoms with Gasteiger partial charge in [0.15, 0.2) is 0 Å². The highest BCUT2D eigenvalue weighted by Gasteiger charge is 2.21. The fourth-order valence-electron chi connectivity index (χ4n) is 2.02. The van der Waals surface area contributed by atoms with Crippen molar-refractivity contribution in [3.05, 3.63) is 33.5 Å². The number of hydrogen-bond donors (Lipinski definition) is 1. The van der Waals surface area contributed by atoms with E-state index >= 15 is 0 Å². The quantitative estimate of drug-likeness (QED) is 0.942. The summed E-state index contributed by atoms with van der Waals surface area (Å²) >= 11 is 1.62. The number of hydrogen-bond acceptors (Lipinski definition) is 4. The molecule has 0 radical (unpaired) electrons. The zero-order valence-corrected chi connectivity index (χ0v) is 13.7. The van der Waals surface area contributed by atoms with Gasteiger partial charge in [0.1, 0.15) is 6.10 Å². The predicted octanol–water partition coefficient (Wildman–Crippen LogP) is 3.01. The first-order chi connectivity index (χ1) is 9.31. The normalized spacial score (nSPS) is 13.7. The molecule has 0 aromatic carbocycles. The Hall–Kier alpha value is -1.20. The van der Waals surface area contributed by atoms with Crippen molar-refractivity contribution in [2.75, 3.05) is 0 Å². The number of thiazole rings is 1. The molecule has 20 heavy (non-hydrogen) atoms. The first kappa shape index (κ1) is 15.2. The van der Waals surface area contributed by atoms with Crippen molar-refractivity contribution in [3.8, 4) is 0 Å². The van der Waals surface area contributed by atoms with Crippen LogP contribution in [0.3, 0.4) is 0 Å². The average Bonchev–Trinajstić information content (AvgIpc) is 2.96. The lowest BCUT2D eigenvalue weighted by molar-refractivity contribution is 0.171. The Labute approximate surface area is 124 Å². The van der Waals surface area contributed by atoms with Gasteiger partial charge in [0.25, 0.3) is 0 Å². The van der Waals surface area contributed by atoms with Gasteiger partial charge < -0.3 is 5.11 Å². The Balaban J connectivity index is 2.13. The zero-order chi connectivity index (χ0) is 14.9. The van der Waals surface area contributed by atoms with E-state index < -0.39 is 6.10 Å². The molecule has 2 aromatic rings. The van der Waals surface area contributed by atoms with Crippen molar-refractivity contribution in [1.29, 1.82) is 0 Å². The highest BCUT2D eigenvalue weighted by atomic mass is 32.1. The second-order valence-corrected chi connectivity index (χ2v) is 7.01. The van der Waals surface area contributed by atoms with E-state index in [4.69, 9.17) is 0 Å². The predicted molar refractivity (Wildman–Crippen MR) is 82.1 cm³/mol. The fraction of sp³-hybridized carbons (Fsp3) is 0.600. The monoisotopic (exact) mass is 293 g/mol. The lowest BCUT2D eigenvalue weighted by atomic mass is 9.98. The number of aromatic nitrogens is 3. The van der Waals surface area contributed by atoms with E-state index in [1.807, 2.05) is 17.1 Å². The number of aryl methyl sites for hydroxylation is 2. The lowest BCUT2D eigenvalue weighted by Crippen LogP contribution is -2.12. The Morgan fingerprint density at radius 1 is 1.40 bits per heavy atom. The molecule has 0 aliphatic heterocycles. The van der Waals surface area contributed by atoms with Crippen molar-refractivity contribution in [2.45, 2.75) is 52.1 Å². The van der Waals surface area contributed by atoms with Crippen LogP contribution in [0.15, 0.2) is 11.4 Å². The lowest BCUT2D eigenvalue weighted by Gasteiger charge is -2.14. The van der Waals surface area contributed by atoms with Gasteiger partial charge in [-0.05, 0) is 12.5 Å². The number of rotatable bonds is 4. The molecular formula is C15H23N3OS. The van der Waals surface area contributed by atoms with Crippen LogP contribution in [0.1, 0.15) is 55.9 Å². The van der Waals surface area contributed by atoms with Crippen LogP contribution in [0.25, 0.3) is 0 Å². The van der Waals surface area contributed by atoms with Crippen LogP contribution in [0.4, 0.5) is 0 Å². The molecule has 2 aromatic heterocycles. The van der Waals surface area contributed by atoms with Crippen molar-refractivity contribution in [3.63, 3.8) is 0 Å². The molecular weight excluding hydrogens is 270 g/mol. The molecule has 4 nitrogen and oxygen atoms in total. The summed E-state index contributed by atoms with van der Waals surface area (Å²) in [5.74, 6) is 0. The first-order valence-electron chi connectivity index (χ1n) is 6.97. The minimum absolute atomic E-state index is 0.0323. The largest absolute Gasteiger partial charge is 0.386 e. The minimum Gasteiger partial charge on any atom is -0.386 e. The summed E-state index contributed by atoms with van der Waals surface area (Å²) in [7, 11) is 1.92. The minimum atomic E-state index is -0.567. The standard InChI is InChI=1S/C15H23N3OS/c1-6-10-7-11(18(5)17-10)8-13(19)12-9-20-14(16-12)15(2,3)4/h7,9,13,19H,6,8H2,1-5H3. The SMILES string of the molecule is CCc1cc(CC(O)c2csc(C(C)(C)C)n2)n(C)n1. The fourth-order valence-corrected chi connectivity index (χ4v) is 2.98. The molecule has 5 heteroatoms. The van der Waals surface area contributed by atoms with Crippen LogP contribution in [0.2, 0.25) is 0 Å². The summed E-state index contributed by atoms with van der Waals surface area (Å²) in [5, 5.41) is 17.8. The Morgan fingerprint density at radius 2 is 2.10 bits per heavy atom. The molecule has 0 saturated carbocycles. The molecule has 1 atom stereocenters. The third-order valence-electron chi connectivity index (χ3n) is 3.30. The van der Waals surface area contributed by atoms with Gasteiger partial charge in [0, 0.05) is 30.0 Å². The molecule has 0 aliphatic carbocycles. The van der Waals surface area contributed by atoms with Crippen LogP contribution in [-0.2, 0) is 25.3 Å². The van der Waals surface area contributed by atoms with E-state index in [2.05, 4.69) is 43.8 Å². The summed E-state index contributed by atoms with van der Waals surface area (Å²) in [6.07, 6.45) is 0.897.